The standard InChI is InChI=1S/2C8H22N2O2Si/c2*1-11-13(3,12-2)8-4-6-10-7-5-9/h2*10H,4-9H2,1-3H3. The highest BCUT2D eigenvalue weighted by Crippen LogP contribution is 2.13. The average molecular weight is 413 g/mol. The van der Waals surface area contributed by atoms with Crippen molar-refractivity contribution in [1.82, 2.24) is 10.6 Å². The first kappa shape index (κ1) is 28.3. The number of rotatable bonds is 16. The van der Waals surface area contributed by atoms with Crippen molar-refractivity contribution in [3.63, 3.8) is 0 Å². The number of nitrogens with one attached hydrogen (secondary N) is 2. The van der Waals surface area contributed by atoms with Gasteiger partial charge in [0, 0.05) is 54.6 Å². The van der Waals surface area contributed by atoms with E-state index in [-0.39, 0.29) is 0 Å². The molecule has 0 radical (unpaired) electrons. The minimum atomic E-state index is -1.83. The summed E-state index contributed by atoms with van der Waals surface area (Å²) in [5.41, 5.74) is 10.7. The molecule has 0 saturated carbocycles. The van der Waals surface area contributed by atoms with Gasteiger partial charge < -0.3 is 39.8 Å². The van der Waals surface area contributed by atoms with Gasteiger partial charge in [0.15, 0.2) is 0 Å². The van der Waals surface area contributed by atoms with Crippen LogP contribution in [0.1, 0.15) is 12.8 Å². The van der Waals surface area contributed by atoms with Crippen molar-refractivity contribution in [2.24, 2.45) is 11.5 Å². The molecule has 8 nitrogen and oxygen atoms in total. The summed E-state index contributed by atoms with van der Waals surface area (Å²) in [6, 6.07) is 2.05. The van der Waals surface area contributed by atoms with Gasteiger partial charge in [0.2, 0.25) is 0 Å². The van der Waals surface area contributed by atoms with E-state index >= 15 is 0 Å². The second-order valence-electron chi connectivity index (χ2n) is 6.37. The predicted molar refractivity (Wildman–Crippen MR) is 114 cm³/mol. The molecule has 26 heavy (non-hydrogen) atoms. The van der Waals surface area contributed by atoms with E-state index in [0.29, 0.717) is 13.1 Å². The third kappa shape index (κ3) is 16.3. The Hall–Kier alpha value is 0.114. The summed E-state index contributed by atoms with van der Waals surface area (Å²) in [4.78, 5) is 0. The van der Waals surface area contributed by atoms with Crippen LogP contribution in [0, 0.1) is 0 Å². The van der Waals surface area contributed by atoms with E-state index < -0.39 is 17.1 Å². The van der Waals surface area contributed by atoms with E-state index in [4.69, 9.17) is 29.2 Å². The Morgan fingerprint density at radius 3 is 1.15 bits per heavy atom. The van der Waals surface area contributed by atoms with Crippen molar-refractivity contribution in [2.45, 2.75) is 38.0 Å². The molecule has 0 aromatic carbocycles. The van der Waals surface area contributed by atoms with E-state index in [1.165, 1.54) is 0 Å². The minimum absolute atomic E-state index is 0.698. The van der Waals surface area contributed by atoms with Gasteiger partial charge in [-0.25, -0.2) is 0 Å². The zero-order valence-electron chi connectivity index (χ0n) is 17.9. The Balaban J connectivity index is 0. The molecule has 0 aliphatic rings. The Bertz CT molecular complexity index is 269. The van der Waals surface area contributed by atoms with Gasteiger partial charge in [-0.1, -0.05) is 0 Å². The second-order valence-corrected chi connectivity index (χ2v) is 13.5. The molecular weight excluding hydrogens is 368 g/mol. The summed E-state index contributed by atoms with van der Waals surface area (Å²) in [5.74, 6) is 0. The zero-order valence-corrected chi connectivity index (χ0v) is 19.9. The average Bonchev–Trinajstić information content (AvgIpc) is 2.67. The predicted octanol–water partition coefficient (Wildman–Crippen LogP) is 0.579. The van der Waals surface area contributed by atoms with Crippen molar-refractivity contribution < 1.29 is 17.7 Å². The molecule has 0 fully saturated rings. The Morgan fingerprint density at radius 2 is 0.923 bits per heavy atom. The third-order valence-electron chi connectivity index (χ3n) is 4.34. The molecule has 10 heteroatoms. The fourth-order valence-corrected chi connectivity index (χ4v) is 4.89. The monoisotopic (exact) mass is 412 g/mol. The summed E-state index contributed by atoms with van der Waals surface area (Å²) in [6.07, 6.45) is 2.18. The molecule has 0 atom stereocenters. The van der Waals surface area contributed by atoms with E-state index in [9.17, 15) is 0 Å². The SMILES string of the molecule is CO[Si](C)(CCCNCCN)OC.CO[Si](C)(CCCNCCN)OC. The van der Waals surface area contributed by atoms with Gasteiger partial charge in [-0.2, -0.15) is 0 Å². The number of nitrogens with two attached hydrogens (primary N) is 2. The highest BCUT2D eigenvalue weighted by atomic mass is 28.4. The van der Waals surface area contributed by atoms with Crippen LogP contribution in [0.25, 0.3) is 0 Å². The fourth-order valence-electron chi connectivity index (χ4n) is 2.10. The van der Waals surface area contributed by atoms with E-state index in [1.54, 1.807) is 28.4 Å². The van der Waals surface area contributed by atoms with Crippen LogP contribution in [0.15, 0.2) is 0 Å². The Morgan fingerprint density at radius 1 is 0.615 bits per heavy atom. The van der Waals surface area contributed by atoms with E-state index in [0.717, 1.165) is 51.1 Å². The van der Waals surface area contributed by atoms with Crippen LogP contribution in [0.3, 0.4) is 0 Å². The van der Waals surface area contributed by atoms with Crippen molar-refractivity contribution in [1.29, 1.82) is 0 Å². The van der Waals surface area contributed by atoms with Crippen molar-refractivity contribution in [3.8, 4) is 0 Å². The van der Waals surface area contributed by atoms with Crippen LogP contribution < -0.4 is 22.1 Å². The molecule has 0 spiro atoms. The normalized spacial score (nSPS) is 12.0. The van der Waals surface area contributed by atoms with Crippen molar-refractivity contribution in [2.75, 3.05) is 67.7 Å². The minimum Gasteiger partial charge on any atom is -0.398 e. The number of hydrogen-bond donors (Lipinski definition) is 4. The lowest BCUT2D eigenvalue weighted by Gasteiger charge is -2.22. The molecular formula is C16H44N4O4Si2. The highest BCUT2D eigenvalue weighted by Gasteiger charge is 2.28. The van der Waals surface area contributed by atoms with Gasteiger partial charge in [0.05, 0.1) is 0 Å². The molecule has 0 aliphatic carbocycles. The summed E-state index contributed by atoms with van der Waals surface area (Å²) >= 11 is 0. The van der Waals surface area contributed by atoms with Gasteiger partial charge in [0.1, 0.15) is 0 Å². The van der Waals surface area contributed by atoms with Gasteiger partial charge in [0.25, 0.3) is 0 Å². The van der Waals surface area contributed by atoms with Gasteiger partial charge in [-0.3, -0.25) is 0 Å². The topological polar surface area (TPSA) is 113 Å². The maximum absolute atomic E-state index is 5.36. The first-order chi connectivity index (χ1) is 12.4. The van der Waals surface area contributed by atoms with Crippen LogP contribution in [-0.2, 0) is 17.7 Å². The molecule has 0 aliphatic heterocycles. The lowest BCUT2D eigenvalue weighted by Crippen LogP contribution is -2.37. The molecule has 0 amide bonds. The second kappa shape index (κ2) is 18.5. The molecule has 0 bridgehead atoms. The molecule has 0 unspecified atom stereocenters. The molecule has 0 aromatic heterocycles. The Labute approximate surface area is 163 Å². The zero-order chi connectivity index (χ0) is 20.3. The van der Waals surface area contributed by atoms with Crippen LogP contribution in [0.2, 0.25) is 25.2 Å². The molecule has 0 heterocycles. The first-order valence-electron chi connectivity index (χ1n) is 9.39. The summed E-state index contributed by atoms with van der Waals surface area (Å²) < 4.78 is 21.4. The van der Waals surface area contributed by atoms with Crippen LogP contribution >= 0.6 is 0 Å². The highest BCUT2D eigenvalue weighted by molar-refractivity contribution is 6.66. The fraction of sp³-hybridized carbons (Fsp3) is 1.00. The van der Waals surface area contributed by atoms with Crippen molar-refractivity contribution in [3.05, 3.63) is 0 Å². The van der Waals surface area contributed by atoms with Crippen LogP contribution in [-0.4, -0.2) is 84.8 Å². The summed E-state index contributed by atoms with van der Waals surface area (Å²) in [7, 11) is 3.24. The molecule has 0 aromatic rings. The third-order valence-corrected chi connectivity index (χ3v) is 10.3. The number of hydrogen-bond acceptors (Lipinski definition) is 8. The lowest BCUT2D eigenvalue weighted by atomic mass is 10.5. The van der Waals surface area contributed by atoms with Crippen molar-refractivity contribution >= 4 is 17.1 Å². The Kier molecular flexibility index (Phi) is 20.1. The van der Waals surface area contributed by atoms with E-state index in [2.05, 4.69) is 23.7 Å². The quantitative estimate of drug-likeness (QED) is 0.215. The van der Waals surface area contributed by atoms with Gasteiger partial charge in [-0.05, 0) is 51.1 Å². The molecule has 6 N–H and O–H groups in total. The van der Waals surface area contributed by atoms with Gasteiger partial charge >= 0.3 is 17.1 Å². The first-order valence-corrected chi connectivity index (χ1v) is 14.4. The van der Waals surface area contributed by atoms with E-state index in [1.807, 2.05) is 0 Å². The molecule has 160 valence electrons. The summed E-state index contributed by atoms with van der Waals surface area (Å²) in [6.45, 7) is 9.31. The van der Waals surface area contributed by atoms with Gasteiger partial charge in [-0.15, -0.1) is 0 Å². The van der Waals surface area contributed by atoms with Crippen LogP contribution in [0.5, 0.6) is 0 Å². The summed E-state index contributed by atoms with van der Waals surface area (Å²) in [5, 5.41) is 6.48. The smallest absolute Gasteiger partial charge is 0.334 e. The maximum atomic E-state index is 5.36. The maximum Gasteiger partial charge on any atom is 0.334 e. The lowest BCUT2D eigenvalue weighted by molar-refractivity contribution is 0.248. The van der Waals surface area contributed by atoms with Crippen LogP contribution in [0.4, 0.5) is 0 Å². The molecule has 0 saturated heterocycles. The molecule has 0 rings (SSSR count). The largest absolute Gasteiger partial charge is 0.398 e.